The lowest BCUT2D eigenvalue weighted by atomic mass is 9.94. The van der Waals surface area contributed by atoms with Crippen molar-refractivity contribution in [2.75, 3.05) is 18.0 Å². The minimum Gasteiger partial charge on any atom is -0.337 e. The Labute approximate surface area is 101 Å². The molecule has 0 amide bonds. The molecule has 2 N–H and O–H groups in total. The summed E-state index contributed by atoms with van der Waals surface area (Å²) in [5.41, 5.74) is 5.63. The maximum atomic E-state index is 12.8. The van der Waals surface area contributed by atoms with Crippen molar-refractivity contribution in [1.29, 1.82) is 0 Å². The molecule has 0 aliphatic heterocycles. The molecule has 1 saturated carbocycles. The van der Waals surface area contributed by atoms with Crippen molar-refractivity contribution in [3.63, 3.8) is 0 Å². The fourth-order valence-corrected chi connectivity index (χ4v) is 2.43. The third-order valence-corrected chi connectivity index (χ3v) is 3.25. The molecular weight excluding hydrogens is 219 g/mol. The first-order valence-corrected chi connectivity index (χ1v) is 6.25. The van der Waals surface area contributed by atoms with Crippen LogP contribution >= 0.6 is 0 Å². The molecule has 5 heteroatoms. The molecule has 0 atom stereocenters. The summed E-state index contributed by atoms with van der Waals surface area (Å²) in [6.45, 7) is 1.30. The molecule has 94 valence electrons. The molecule has 0 spiro atoms. The van der Waals surface area contributed by atoms with Crippen molar-refractivity contribution >= 4 is 5.95 Å². The highest BCUT2D eigenvalue weighted by atomic mass is 19.1. The van der Waals surface area contributed by atoms with Crippen molar-refractivity contribution in [3.8, 4) is 0 Å². The SMILES string of the molecule is NCCN(c1ncc(F)cn1)C1CCCCC1. The minimum absolute atomic E-state index is 0.398. The van der Waals surface area contributed by atoms with Crippen LogP contribution < -0.4 is 10.6 Å². The van der Waals surface area contributed by atoms with Gasteiger partial charge in [-0.1, -0.05) is 19.3 Å². The summed E-state index contributed by atoms with van der Waals surface area (Å²) in [6.07, 6.45) is 8.53. The van der Waals surface area contributed by atoms with Crippen LogP contribution in [0, 0.1) is 5.82 Å². The lowest BCUT2D eigenvalue weighted by Crippen LogP contribution is -2.41. The number of anilines is 1. The molecule has 17 heavy (non-hydrogen) atoms. The van der Waals surface area contributed by atoms with E-state index in [9.17, 15) is 4.39 Å². The van der Waals surface area contributed by atoms with E-state index >= 15 is 0 Å². The zero-order chi connectivity index (χ0) is 12.1. The first kappa shape index (κ1) is 12.2. The molecule has 4 nitrogen and oxygen atoms in total. The number of rotatable bonds is 4. The van der Waals surface area contributed by atoms with Gasteiger partial charge in [0.2, 0.25) is 5.95 Å². The van der Waals surface area contributed by atoms with Gasteiger partial charge in [-0.05, 0) is 12.8 Å². The van der Waals surface area contributed by atoms with E-state index in [0.717, 1.165) is 19.4 Å². The summed E-state index contributed by atoms with van der Waals surface area (Å²) >= 11 is 0. The number of nitrogens with zero attached hydrogens (tertiary/aromatic N) is 3. The summed E-state index contributed by atoms with van der Waals surface area (Å²) < 4.78 is 12.8. The van der Waals surface area contributed by atoms with E-state index in [1.54, 1.807) is 0 Å². The number of nitrogens with two attached hydrogens (primary N) is 1. The first-order chi connectivity index (χ1) is 8.31. The fraction of sp³-hybridized carbons (Fsp3) is 0.667. The Hall–Kier alpha value is -1.23. The monoisotopic (exact) mass is 238 g/mol. The third-order valence-electron chi connectivity index (χ3n) is 3.25. The van der Waals surface area contributed by atoms with Gasteiger partial charge in [0.1, 0.15) is 0 Å². The molecule has 1 aliphatic rings. The van der Waals surface area contributed by atoms with Crippen molar-refractivity contribution < 1.29 is 4.39 Å². The second-order valence-electron chi connectivity index (χ2n) is 4.48. The van der Waals surface area contributed by atoms with Crippen molar-refractivity contribution in [2.45, 2.75) is 38.1 Å². The van der Waals surface area contributed by atoms with Gasteiger partial charge in [-0.15, -0.1) is 0 Å². The van der Waals surface area contributed by atoms with E-state index in [-0.39, 0.29) is 0 Å². The van der Waals surface area contributed by atoms with Gasteiger partial charge in [0.25, 0.3) is 0 Å². The molecule has 2 rings (SSSR count). The van der Waals surface area contributed by atoms with Gasteiger partial charge in [0.05, 0.1) is 12.4 Å². The zero-order valence-corrected chi connectivity index (χ0v) is 9.98. The zero-order valence-electron chi connectivity index (χ0n) is 9.98. The van der Waals surface area contributed by atoms with Crippen LogP contribution in [0.15, 0.2) is 12.4 Å². The predicted octanol–water partition coefficient (Wildman–Crippen LogP) is 1.71. The van der Waals surface area contributed by atoms with Crippen LogP contribution in [0.3, 0.4) is 0 Å². The number of hydrogen-bond acceptors (Lipinski definition) is 4. The van der Waals surface area contributed by atoms with Crippen LogP contribution in [0.4, 0.5) is 10.3 Å². The van der Waals surface area contributed by atoms with Gasteiger partial charge in [-0.25, -0.2) is 14.4 Å². The lowest BCUT2D eigenvalue weighted by Gasteiger charge is -2.34. The van der Waals surface area contributed by atoms with Crippen LogP contribution in [-0.4, -0.2) is 29.1 Å². The molecule has 1 heterocycles. The van der Waals surface area contributed by atoms with Gasteiger partial charge < -0.3 is 10.6 Å². The highest BCUT2D eigenvalue weighted by Gasteiger charge is 2.22. The maximum Gasteiger partial charge on any atom is 0.225 e. The Bertz CT molecular complexity index is 335. The van der Waals surface area contributed by atoms with Crippen molar-refractivity contribution in [3.05, 3.63) is 18.2 Å². The molecule has 0 bridgehead atoms. The largest absolute Gasteiger partial charge is 0.337 e. The molecule has 0 unspecified atom stereocenters. The van der Waals surface area contributed by atoms with E-state index in [2.05, 4.69) is 14.9 Å². The van der Waals surface area contributed by atoms with Gasteiger partial charge in [-0.2, -0.15) is 0 Å². The van der Waals surface area contributed by atoms with Crippen LogP contribution in [0.25, 0.3) is 0 Å². The fourth-order valence-electron chi connectivity index (χ4n) is 2.43. The van der Waals surface area contributed by atoms with E-state index in [1.807, 2.05) is 0 Å². The number of halogens is 1. The Morgan fingerprint density at radius 2 is 1.88 bits per heavy atom. The topological polar surface area (TPSA) is 55.0 Å². The van der Waals surface area contributed by atoms with Gasteiger partial charge in [0.15, 0.2) is 5.82 Å². The molecule has 1 aromatic heterocycles. The van der Waals surface area contributed by atoms with Gasteiger partial charge >= 0.3 is 0 Å². The van der Waals surface area contributed by atoms with Crippen LogP contribution in [0.1, 0.15) is 32.1 Å². The van der Waals surface area contributed by atoms with Crippen molar-refractivity contribution in [1.82, 2.24) is 9.97 Å². The van der Waals surface area contributed by atoms with Crippen LogP contribution in [0.2, 0.25) is 0 Å². The first-order valence-electron chi connectivity index (χ1n) is 6.25. The van der Waals surface area contributed by atoms with Crippen LogP contribution in [-0.2, 0) is 0 Å². The summed E-state index contributed by atoms with van der Waals surface area (Å²) in [4.78, 5) is 10.2. The third kappa shape index (κ3) is 3.12. The molecule has 1 fully saturated rings. The molecule has 0 saturated heterocycles. The van der Waals surface area contributed by atoms with Gasteiger partial charge in [-0.3, -0.25) is 0 Å². The van der Waals surface area contributed by atoms with E-state index in [0.29, 0.717) is 18.5 Å². The summed E-state index contributed by atoms with van der Waals surface area (Å²) in [5.74, 6) is 0.203. The molecule has 1 aromatic rings. The van der Waals surface area contributed by atoms with E-state index in [4.69, 9.17) is 5.73 Å². The maximum absolute atomic E-state index is 12.8. The molecular formula is C12H19FN4. The summed E-state index contributed by atoms with van der Waals surface area (Å²) in [7, 11) is 0. The minimum atomic E-state index is -0.398. The molecule has 0 aromatic carbocycles. The normalized spacial score (nSPS) is 17.1. The Morgan fingerprint density at radius 1 is 1.24 bits per heavy atom. The second-order valence-corrected chi connectivity index (χ2v) is 4.48. The van der Waals surface area contributed by atoms with Crippen LogP contribution in [0.5, 0.6) is 0 Å². The molecule has 1 aliphatic carbocycles. The molecule has 0 radical (unpaired) electrons. The average molecular weight is 238 g/mol. The highest BCUT2D eigenvalue weighted by molar-refractivity contribution is 5.30. The quantitative estimate of drug-likeness (QED) is 0.867. The number of aromatic nitrogens is 2. The van der Waals surface area contributed by atoms with Gasteiger partial charge in [0, 0.05) is 19.1 Å². The Kier molecular flexibility index (Phi) is 4.25. The van der Waals surface area contributed by atoms with E-state index in [1.165, 1.54) is 31.7 Å². The van der Waals surface area contributed by atoms with E-state index < -0.39 is 5.82 Å². The standard InChI is InChI=1S/C12H19FN4/c13-10-8-15-12(16-9-10)17(7-6-14)11-4-2-1-3-5-11/h8-9,11H,1-7,14H2. The summed E-state index contributed by atoms with van der Waals surface area (Å²) in [5, 5.41) is 0. The Balaban J connectivity index is 2.12. The Morgan fingerprint density at radius 3 is 2.47 bits per heavy atom. The highest BCUT2D eigenvalue weighted by Crippen LogP contribution is 2.24. The number of hydrogen-bond donors (Lipinski definition) is 1. The smallest absolute Gasteiger partial charge is 0.225 e. The predicted molar refractivity (Wildman–Crippen MR) is 65.3 cm³/mol. The lowest BCUT2D eigenvalue weighted by molar-refractivity contribution is 0.411. The summed E-state index contributed by atoms with van der Waals surface area (Å²) in [6, 6.07) is 0.456. The average Bonchev–Trinajstić information content (AvgIpc) is 2.38. The second kappa shape index (κ2) is 5.91. The van der Waals surface area contributed by atoms with Crippen molar-refractivity contribution in [2.24, 2.45) is 5.73 Å².